The minimum Gasteiger partial charge on any atom is -0.379 e. The fourth-order valence-electron chi connectivity index (χ4n) is 3.75. The fourth-order valence-corrected chi connectivity index (χ4v) is 4.46. The molecule has 4 heterocycles. The van der Waals surface area contributed by atoms with E-state index in [-0.39, 0.29) is 0 Å². The number of imidazole rings is 1. The number of nitrogens with zero attached hydrogens (tertiary/aromatic N) is 5. The van der Waals surface area contributed by atoms with E-state index in [1.807, 2.05) is 31.2 Å². The van der Waals surface area contributed by atoms with Gasteiger partial charge in [-0.3, -0.25) is 4.90 Å². The lowest BCUT2D eigenvalue weighted by Crippen LogP contribution is -2.35. The van der Waals surface area contributed by atoms with Crippen molar-refractivity contribution in [2.45, 2.75) is 13.5 Å². The first-order valence-corrected chi connectivity index (χ1v) is 11.0. The molecule has 5 rings (SSSR count). The maximum absolute atomic E-state index is 6.67. The zero-order valence-electron chi connectivity index (χ0n) is 17.4. The number of hydrogen-bond acceptors (Lipinski definition) is 7. The molecular formula is C22H21Cl2N7O. The molecule has 0 amide bonds. The molecule has 0 bridgehead atoms. The molecule has 1 aliphatic rings. The Balaban J connectivity index is 1.46. The highest BCUT2D eigenvalue weighted by molar-refractivity contribution is 6.39. The van der Waals surface area contributed by atoms with Gasteiger partial charge in [0.05, 0.1) is 34.3 Å². The number of fused-ring (bicyclic) bond motifs is 1. The van der Waals surface area contributed by atoms with E-state index >= 15 is 0 Å². The number of ether oxygens (including phenoxy) is 1. The van der Waals surface area contributed by atoms with Crippen LogP contribution in [0.25, 0.3) is 22.4 Å². The summed E-state index contributed by atoms with van der Waals surface area (Å²) in [5.74, 6) is 1.81. The first kappa shape index (κ1) is 21.1. The zero-order chi connectivity index (χ0) is 22.1. The topological polar surface area (TPSA) is 91.9 Å². The Morgan fingerprint density at radius 1 is 1.09 bits per heavy atom. The second-order valence-electron chi connectivity index (χ2n) is 7.63. The van der Waals surface area contributed by atoms with Crippen molar-refractivity contribution in [2.75, 3.05) is 31.6 Å². The largest absolute Gasteiger partial charge is 0.379 e. The van der Waals surface area contributed by atoms with Crippen LogP contribution in [-0.4, -0.2) is 56.1 Å². The summed E-state index contributed by atoms with van der Waals surface area (Å²) in [6.45, 7) is 5.97. The van der Waals surface area contributed by atoms with E-state index in [1.54, 1.807) is 6.20 Å². The summed E-state index contributed by atoms with van der Waals surface area (Å²) in [4.78, 5) is 23.2. The quantitative estimate of drug-likeness (QED) is 0.440. The predicted octanol–water partition coefficient (Wildman–Crippen LogP) is 4.61. The third kappa shape index (κ3) is 4.40. The Hall–Kier alpha value is -2.78. The summed E-state index contributed by atoms with van der Waals surface area (Å²) in [7, 11) is 0. The van der Waals surface area contributed by atoms with Gasteiger partial charge in [-0.25, -0.2) is 19.9 Å². The van der Waals surface area contributed by atoms with Crippen LogP contribution in [0.15, 0.2) is 36.8 Å². The van der Waals surface area contributed by atoms with Crippen molar-refractivity contribution in [3.63, 3.8) is 0 Å². The first-order chi connectivity index (χ1) is 15.6. The number of aryl methyl sites for hydroxylation is 1. The number of pyridine rings is 1. The molecule has 8 nitrogen and oxygen atoms in total. The van der Waals surface area contributed by atoms with E-state index in [4.69, 9.17) is 32.9 Å². The number of morpholine rings is 1. The van der Waals surface area contributed by atoms with Crippen LogP contribution in [-0.2, 0) is 11.3 Å². The molecular weight excluding hydrogens is 449 g/mol. The Morgan fingerprint density at radius 3 is 2.62 bits per heavy atom. The Bertz CT molecular complexity index is 1250. The molecule has 0 aliphatic carbocycles. The number of aromatic nitrogens is 5. The highest BCUT2D eigenvalue weighted by Gasteiger charge is 2.18. The molecule has 2 N–H and O–H groups in total. The van der Waals surface area contributed by atoms with Gasteiger partial charge in [-0.15, -0.1) is 0 Å². The Labute approximate surface area is 195 Å². The summed E-state index contributed by atoms with van der Waals surface area (Å²) in [6, 6.07) is 7.60. The summed E-state index contributed by atoms with van der Waals surface area (Å²) in [5, 5.41) is 4.31. The molecule has 1 saturated heterocycles. The van der Waals surface area contributed by atoms with Gasteiger partial charge < -0.3 is 15.0 Å². The maximum Gasteiger partial charge on any atom is 0.159 e. The normalized spacial score (nSPS) is 14.7. The number of halogens is 2. The number of nitrogens with one attached hydrogen (secondary N) is 2. The Kier molecular flexibility index (Phi) is 5.93. The van der Waals surface area contributed by atoms with E-state index < -0.39 is 0 Å². The van der Waals surface area contributed by atoms with E-state index in [0.29, 0.717) is 38.6 Å². The standard InChI is InChI=1S/C22H21Cl2N7O/c1-13-8-18(27-12-26-13)29-22-20-17(2-3-25-22)28-21(30-20)19-15(23)9-14(10-16(19)24)11-31-4-6-32-7-5-31/h2-3,8-10,12H,4-7,11H2,1H3,(H,28,30)(H,25,26,27,29). The van der Waals surface area contributed by atoms with Crippen molar-refractivity contribution in [3.8, 4) is 11.4 Å². The molecule has 0 unspecified atom stereocenters. The van der Waals surface area contributed by atoms with Crippen LogP contribution in [0.5, 0.6) is 0 Å². The van der Waals surface area contributed by atoms with E-state index in [9.17, 15) is 0 Å². The molecule has 1 aromatic carbocycles. The molecule has 1 fully saturated rings. The van der Waals surface area contributed by atoms with Crippen LogP contribution in [0.1, 0.15) is 11.3 Å². The van der Waals surface area contributed by atoms with Gasteiger partial charge in [-0.05, 0) is 30.7 Å². The van der Waals surface area contributed by atoms with Crippen molar-refractivity contribution < 1.29 is 4.74 Å². The number of aromatic amines is 1. The summed E-state index contributed by atoms with van der Waals surface area (Å²) in [6.07, 6.45) is 3.21. The van der Waals surface area contributed by atoms with Gasteiger partial charge in [0.15, 0.2) is 5.82 Å². The van der Waals surface area contributed by atoms with Crippen LogP contribution < -0.4 is 5.32 Å². The van der Waals surface area contributed by atoms with Gasteiger partial charge >= 0.3 is 0 Å². The van der Waals surface area contributed by atoms with E-state index in [1.165, 1.54) is 6.33 Å². The van der Waals surface area contributed by atoms with Gasteiger partial charge in [0.1, 0.15) is 23.5 Å². The maximum atomic E-state index is 6.67. The van der Waals surface area contributed by atoms with Gasteiger partial charge in [-0.2, -0.15) is 0 Å². The van der Waals surface area contributed by atoms with E-state index in [2.05, 4.69) is 30.2 Å². The third-order valence-corrected chi connectivity index (χ3v) is 5.90. The molecule has 10 heteroatoms. The Morgan fingerprint density at radius 2 is 1.88 bits per heavy atom. The number of H-pyrrole nitrogens is 1. The third-order valence-electron chi connectivity index (χ3n) is 5.30. The summed E-state index contributed by atoms with van der Waals surface area (Å²) < 4.78 is 5.42. The molecule has 0 spiro atoms. The lowest BCUT2D eigenvalue weighted by molar-refractivity contribution is 0.0342. The lowest BCUT2D eigenvalue weighted by Gasteiger charge is -2.26. The van der Waals surface area contributed by atoms with Crippen molar-refractivity contribution in [1.29, 1.82) is 0 Å². The van der Waals surface area contributed by atoms with Gasteiger partial charge in [0.2, 0.25) is 0 Å². The number of benzene rings is 1. The van der Waals surface area contributed by atoms with Gasteiger partial charge in [0, 0.05) is 37.6 Å². The average molecular weight is 470 g/mol. The number of anilines is 2. The van der Waals surface area contributed by atoms with Crippen LogP contribution in [0.3, 0.4) is 0 Å². The highest BCUT2D eigenvalue weighted by Crippen LogP contribution is 2.36. The van der Waals surface area contributed by atoms with Crippen molar-refractivity contribution in [3.05, 3.63) is 58.1 Å². The van der Waals surface area contributed by atoms with Crippen molar-refractivity contribution in [2.24, 2.45) is 0 Å². The molecule has 0 saturated carbocycles. The van der Waals surface area contributed by atoms with Crippen LogP contribution in [0.2, 0.25) is 10.0 Å². The zero-order valence-corrected chi connectivity index (χ0v) is 18.9. The predicted molar refractivity (Wildman–Crippen MR) is 125 cm³/mol. The average Bonchev–Trinajstić information content (AvgIpc) is 3.19. The molecule has 32 heavy (non-hydrogen) atoms. The first-order valence-electron chi connectivity index (χ1n) is 10.3. The fraction of sp³-hybridized carbons (Fsp3) is 0.273. The SMILES string of the molecule is Cc1cc(Nc2nccc3[nH]c(-c4c(Cl)cc(CN5CCOCC5)cc4Cl)nc23)ncn1. The number of hydrogen-bond donors (Lipinski definition) is 2. The second kappa shape index (κ2) is 8.99. The smallest absolute Gasteiger partial charge is 0.159 e. The van der Waals surface area contributed by atoms with Crippen LogP contribution in [0.4, 0.5) is 11.6 Å². The van der Waals surface area contributed by atoms with Gasteiger partial charge in [0.25, 0.3) is 0 Å². The second-order valence-corrected chi connectivity index (χ2v) is 8.45. The van der Waals surface area contributed by atoms with Crippen LogP contribution in [0, 0.1) is 6.92 Å². The minimum absolute atomic E-state index is 0.550. The van der Waals surface area contributed by atoms with Crippen LogP contribution >= 0.6 is 23.2 Å². The van der Waals surface area contributed by atoms with E-state index in [0.717, 1.165) is 49.6 Å². The molecule has 1 aliphatic heterocycles. The summed E-state index contributed by atoms with van der Waals surface area (Å²) >= 11 is 13.3. The molecule has 0 atom stereocenters. The monoisotopic (exact) mass is 469 g/mol. The summed E-state index contributed by atoms with van der Waals surface area (Å²) in [5.41, 5.74) is 4.06. The van der Waals surface area contributed by atoms with Gasteiger partial charge in [-0.1, -0.05) is 23.2 Å². The molecule has 3 aromatic heterocycles. The minimum atomic E-state index is 0.550. The molecule has 4 aromatic rings. The lowest BCUT2D eigenvalue weighted by atomic mass is 10.1. The number of rotatable bonds is 5. The molecule has 164 valence electrons. The molecule has 0 radical (unpaired) electrons. The highest BCUT2D eigenvalue weighted by atomic mass is 35.5. The van der Waals surface area contributed by atoms with Crippen molar-refractivity contribution >= 4 is 45.9 Å². The van der Waals surface area contributed by atoms with Crippen molar-refractivity contribution in [1.82, 2.24) is 29.8 Å².